The summed E-state index contributed by atoms with van der Waals surface area (Å²) in [7, 11) is 1.29. The Bertz CT molecular complexity index is 433. The number of methoxy groups -OCH3 is 1. The molecule has 106 valence electrons. The van der Waals surface area contributed by atoms with Crippen molar-refractivity contribution in [2.75, 3.05) is 19.0 Å². The Balaban J connectivity index is 2.65. The maximum atomic E-state index is 11.3. The van der Waals surface area contributed by atoms with E-state index < -0.39 is 11.6 Å². The summed E-state index contributed by atoms with van der Waals surface area (Å²) < 4.78 is 4.57. The Hall–Kier alpha value is -1.69. The number of aliphatic hydroxyl groups is 1. The number of carbonyl (C=O) groups is 1. The summed E-state index contributed by atoms with van der Waals surface area (Å²) in [5, 5.41) is 13.1. The molecule has 0 aliphatic rings. The third-order valence-electron chi connectivity index (χ3n) is 2.53. The highest BCUT2D eigenvalue weighted by Gasteiger charge is 2.21. The molecule has 6 heteroatoms. The second-order valence-electron chi connectivity index (χ2n) is 5.23. The quantitative estimate of drug-likeness (QED) is 0.759. The number of aromatic nitrogens is 2. The molecule has 0 radical (unpaired) electrons. The molecule has 0 saturated carbocycles. The number of anilines is 1. The summed E-state index contributed by atoms with van der Waals surface area (Å²) in [5.41, 5.74) is -0.701. The Morgan fingerprint density at radius 1 is 1.53 bits per heavy atom. The van der Waals surface area contributed by atoms with Gasteiger partial charge >= 0.3 is 5.97 Å². The lowest BCUT2D eigenvalue weighted by atomic mass is 9.94. The first-order valence-electron chi connectivity index (χ1n) is 6.20. The Labute approximate surface area is 113 Å². The van der Waals surface area contributed by atoms with Crippen LogP contribution in [0.1, 0.15) is 37.7 Å². The smallest absolute Gasteiger partial charge is 0.358 e. The van der Waals surface area contributed by atoms with Gasteiger partial charge in [-0.05, 0) is 19.3 Å². The van der Waals surface area contributed by atoms with Gasteiger partial charge in [-0.25, -0.2) is 9.78 Å². The molecule has 19 heavy (non-hydrogen) atoms. The number of esters is 1. The average Bonchev–Trinajstić information content (AvgIpc) is 2.34. The van der Waals surface area contributed by atoms with Crippen molar-refractivity contribution < 1.29 is 14.6 Å². The number of hydrogen-bond donors (Lipinski definition) is 2. The fourth-order valence-corrected chi connectivity index (χ4v) is 1.89. The minimum Gasteiger partial charge on any atom is -0.464 e. The van der Waals surface area contributed by atoms with Gasteiger partial charge in [-0.1, -0.05) is 13.8 Å². The van der Waals surface area contributed by atoms with E-state index >= 15 is 0 Å². The molecule has 6 nitrogen and oxygen atoms in total. The van der Waals surface area contributed by atoms with Gasteiger partial charge in [0.25, 0.3) is 0 Å². The summed E-state index contributed by atoms with van der Waals surface area (Å²) in [4.78, 5) is 19.3. The number of nitrogens with one attached hydrogen (secondary N) is 1. The van der Waals surface area contributed by atoms with E-state index in [-0.39, 0.29) is 5.69 Å². The molecule has 2 N–H and O–H groups in total. The van der Waals surface area contributed by atoms with Crippen molar-refractivity contribution in [1.29, 1.82) is 0 Å². The van der Waals surface area contributed by atoms with Crippen molar-refractivity contribution in [2.24, 2.45) is 5.92 Å². The highest BCUT2D eigenvalue weighted by atomic mass is 16.5. The second kappa shape index (κ2) is 6.47. The monoisotopic (exact) mass is 267 g/mol. The van der Waals surface area contributed by atoms with E-state index in [1.807, 2.05) is 13.8 Å². The van der Waals surface area contributed by atoms with Gasteiger partial charge in [-0.15, -0.1) is 0 Å². The fraction of sp³-hybridized carbons (Fsp3) is 0.615. The van der Waals surface area contributed by atoms with Gasteiger partial charge in [0.1, 0.15) is 5.82 Å². The number of carbonyl (C=O) groups excluding carboxylic acids is 1. The van der Waals surface area contributed by atoms with E-state index in [1.165, 1.54) is 19.5 Å². The average molecular weight is 267 g/mol. The molecule has 1 atom stereocenters. The number of ether oxygens (including phenoxy) is 1. The number of nitrogens with zero attached hydrogens (tertiary/aromatic N) is 2. The minimum absolute atomic E-state index is 0.135. The second-order valence-corrected chi connectivity index (χ2v) is 5.23. The molecule has 1 rings (SSSR count). The molecule has 0 aromatic carbocycles. The topological polar surface area (TPSA) is 84.3 Å². The Morgan fingerprint density at radius 2 is 2.21 bits per heavy atom. The van der Waals surface area contributed by atoms with E-state index in [0.717, 1.165) is 0 Å². The summed E-state index contributed by atoms with van der Waals surface area (Å²) in [6.45, 7) is 6.19. The van der Waals surface area contributed by atoms with Crippen LogP contribution in [0.5, 0.6) is 0 Å². The molecule has 0 aliphatic heterocycles. The summed E-state index contributed by atoms with van der Waals surface area (Å²) in [6, 6.07) is 0. The van der Waals surface area contributed by atoms with Gasteiger partial charge in [0, 0.05) is 6.54 Å². The molecule has 0 bridgehead atoms. The normalized spacial score (nSPS) is 14.0. The highest BCUT2D eigenvalue weighted by molar-refractivity contribution is 5.87. The molecular weight excluding hydrogens is 246 g/mol. The zero-order chi connectivity index (χ0) is 14.5. The summed E-state index contributed by atoms with van der Waals surface area (Å²) >= 11 is 0. The van der Waals surface area contributed by atoms with Crippen LogP contribution in [0.3, 0.4) is 0 Å². The predicted molar refractivity (Wildman–Crippen MR) is 71.9 cm³/mol. The molecule has 1 unspecified atom stereocenters. The predicted octanol–water partition coefficient (Wildman–Crippen LogP) is 1.47. The van der Waals surface area contributed by atoms with Crippen LogP contribution in [0.25, 0.3) is 0 Å². The molecule has 1 aromatic rings. The van der Waals surface area contributed by atoms with Crippen LogP contribution in [-0.2, 0) is 4.74 Å². The van der Waals surface area contributed by atoms with Crippen molar-refractivity contribution in [3.8, 4) is 0 Å². The zero-order valence-corrected chi connectivity index (χ0v) is 11.8. The first-order valence-corrected chi connectivity index (χ1v) is 6.20. The standard InChI is InChI=1S/C13H21N3O3/c1-9(2)5-13(3,18)8-15-11-7-14-6-10(16-11)12(17)19-4/h6-7,9,18H,5,8H2,1-4H3,(H,15,16). The first-order chi connectivity index (χ1) is 8.84. The Morgan fingerprint density at radius 3 is 2.79 bits per heavy atom. The van der Waals surface area contributed by atoms with E-state index in [4.69, 9.17) is 0 Å². The van der Waals surface area contributed by atoms with Crippen LogP contribution in [0.4, 0.5) is 5.82 Å². The molecule has 0 spiro atoms. The molecule has 0 fully saturated rings. The van der Waals surface area contributed by atoms with Crippen LogP contribution in [0.2, 0.25) is 0 Å². The number of rotatable bonds is 6. The van der Waals surface area contributed by atoms with E-state index in [9.17, 15) is 9.90 Å². The van der Waals surface area contributed by atoms with Crippen LogP contribution in [-0.4, -0.2) is 40.3 Å². The van der Waals surface area contributed by atoms with Crippen LogP contribution < -0.4 is 5.32 Å². The molecule has 0 saturated heterocycles. The third kappa shape index (κ3) is 5.21. The summed E-state index contributed by atoms with van der Waals surface area (Å²) in [6.07, 6.45) is 3.51. The third-order valence-corrected chi connectivity index (χ3v) is 2.53. The van der Waals surface area contributed by atoms with Crippen molar-refractivity contribution in [3.05, 3.63) is 18.1 Å². The van der Waals surface area contributed by atoms with E-state index in [1.54, 1.807) is 6.92 Å². The van der Waals surface area contributed by atoms with Gasteiger partial charge < -0.3 is 15.2 Å². The van der Waals surface area contributed by atoms with E-state index in [2.05, 4.69) is 20.0 Å². The highest BCUT2D eigenvalue weighted by Crippen LogP contribution is 2.16. The van der Waals surface area contributed by atoms with Gasteiger partial charge in [0.15, 0.2) is 5.69 Å². The lowest BCUT2D eigenvalue weighted by molar-refractivity contribution is 0.0514. The molecule has 1 heterocycles. The Kier molecular flexibility index (Phi) is 5.23. The minimum atomic E-state index is -0.836. The van der Waals surface area contributed by atoms with Crippen molar-refractivity contribution >= 4 is 11.8 Å². The van der Waals surface area contributed by atoms with Gasteiger partial charge in [0.2, 0.25) is 0 Å². The maximum absolute atomic E-state index is 11.3. The van der Waals surface area contributed by atoms with Crippen LogP contribution in [0, 0.1) is 5.92 Å². The first kappa shape index (κ1) is 15.4. The van der Waals surface area contributed by atoms with Crippen molar-refractivity contribution in [3.63, 3.8) is 0 Å². The van der Waals surface area contributed by atoms with Gasteiger partial charge in [-0.3, -0.25) is 4.98 Å². The molecular formula is C13H21N3O3. The van der Waals surface area contributed by atoms with Crippen LogP contribution >= 0.6 is 0 Å². The summed E-state index contributed by atoms with van der Waals surface area (Å²) in [5.74, 6) is 0.293. The van der Waals surface area contributed by atoms with Gasteiger partial charge in [0.05, 0.1) is 25.1 Å². The zero-order valence-electron chi connectivity index (χ0n) is 11.8. The van der Waals surface area contributed by atoms with Crippen LogP contribution in [0.15, 0.2) is 12.4 Å². The largest absolute Gasteiger partial charge is 0.464 e. The molecule has 1 aromatic heterocycles. The number of hydrogen-bond acceptors (Lipinski definition) is 6. The van der Waals surface area contributed by atoms with Crippen molar-refractivity contribution in [1.82, 2.24) is 9.97 Å². The molecule has 0 amide bonds. The van der Waals surface area contributed by atoms with Crippen molar-refractivity contribution in [2.45, 2.75) is 32.8 Å². The van der Waals surface area contributed by atoms with E-state index in [0.29, 0.717) is 24.7 Å². The lowest BCUT2D eigenvalue weighted by Crippen LogP contribution is -2.35. The SMILES string of the molecule is COC(=O)c1cncc(NCC(C)(O)CC(C)C)n1. The lowest BCUT2D eigenvalue weighted by Gasteiger charge is -2.25. The fourth-order valence-electron chi connectivity index (χ4n) is 1.89. The maximum Gasteiger partial charge on any atom is 0.358 e. The molecule has 0 aliphatic carbocycles. The van der Waals surface area contributed by atoms with Gasteiger partial charge in [-0.2, -0.15) is 0 Å².